The van der Waals surface area contributed by atoms with Gasteiger partial charge in [-0.1, -0.05) is 45.9 Å². The molecule has 3 unspecified atom stereocenters. The summed E-state index contributed by atoms with van der Waals surface area (Å²) >= 11 is 0. The maximum atomic E-state index is 11.9. The number of carbonyl (C=O) groups excluding carboxylic acids is 1. The van der Waals surface area contributed by atoms with Crippen molar-refractivity contribution in [2.75, 3.05) is 0 Å². The van der Waals surface area contributed by atoms with Gasteiger partial charge < -0.3 is 20.5 Å². The minimum Gasteiger partial charge on any atom is -0.481 e. The van der Waals surface area contributed by atoms with Crippen molar-refractivity contribution in [2.24, 2.45) is 11.7 Å². The number of carboxylic acids is 1. The highest BCUT2D eigenvalue weighted by atomic mass is 31.1. The Morgan fingerprint density at radius 3 is 2.25 bits per heavy atom. The van der Waals surface area contributed by atoms with Crippen LogP contribution in [0, 0.1) is 5.92 Å². The zero-order valence-electron chi connectivity index (χ0n) is 17.1. The monoisotopic (exact) mass is 409 g/mol. The van der Waals surface area contributed by atoms with Crippen LogP contribution in [0.5, 0.6) is 0 Å². The number of carboxylic acid groups (broad SMARTS) is 1. The lowest BCUT2D eigenvalue weighted by Crippen LogP contribution is -2.40. The van der Waals surface area contributed by atoms with Crippen molar-refractivity contribution in [2.45, 2.75) is 76.0 Å². The Bertz CT molecular complexity index is 789. The van der Waals surface area contributed by atoms with Gasteiger partial charge in [-0.2, -0.15) is 0 Å². The number of fused-ring (bicyclic) bond motifs is 1. The first-order chi connectivity index (χ1) is 12.8. The molecular weight excluding hydrogens is 377 g/mol. The summed E-state index contributed by atoms with van der Waals surface area (Å²) in [4.78, 5) is 22.8. The number of hydrogen-bond donors (Lipinski definition) is 3. The summed E-state index contributed by atoms with van der Waals surface area (Å²) < 4.78 is 11.9. The van der Waals surface area contributed by atoms with Gasteiger partial charge in [0.1, 0.15) is 5.34 Å². The molecule has 0 bridgehead atoms. The Morgan fingerprint density at radius 1 is 1.18 bits per heavy atom. The van der Waals surface area contributed by atoms with Crippen LogP contribution in [0.15, 0.2) is 18.2 Å². The van der Waals surface area contributed by atoms with E-state index in [9.17, 15) is 24.4 Å². The van der Waals surface area contributed by atoms with E-state index in [2.05, 4.69) is 27.7 Å². The number of hydrogen-bond acceptors (Lipinski definition) is 4. The van der Waals surface area contributed by atoms with E-state index in [1.807, 2.05) is 18.2 Å². The maximum Gasteiger partial charge on any atom is 0.309 e. The molecule has 0 fully saturated rings. The molecule has 4 N–H and O–H groups in total. The van der Waals surface area contributed by atoms with Gasteiger partial charge in [-0.15, -0.1) is 0 Å². The van der Waals surface area contributed by atoms with Crippen molar-refractivity contribution in [1.29, 1.82) is 0 Å². The molecular formula is C21H32NO5P. The first-order valence-corrected chi connectivity index (χ1v) is 10.7. The molecule has 0 saturated heterocycles. The largest absolute Gasteiger partial charge is 0.481 e. The van der Waals surface area contributed by atoms with E-state index in [-0.39, 0.29) is 30.1 Å². The van der Waals surface area contributed by atoms with Crippen molar-refractivity contribution in [3.8, 4) is 0 Å². The van der Waals surface area contributed by atoms with Gasteiger partial charge in [0.05, 0.1) is 14.4 Å². The third-order valence-corrected chi connectivity index (χ3v) is 7.20. The molecule has 0 heterocycles. The molecule has 0 radical (unpaired) electrons. The summed E-state index contributed by atoms with van der Waals surface area (Å²) in [6, 6.07) is 5.95. The number of carbonyl (C=O) groups is 2. The summed E-state index contributed by atoms with van der Waals surface area (Å²) in [6.07, 6.45) is 1.76. The number of aliphatic carboxylic acids is 1. The molecule has 3 atom stereocenters. The second kappa shape index (κ2) is 8.00. The number of rotatable bonds is 8. The molecule has 0 saturated carbocycles. The highest BCUT2D eigenvalue weighted by Gasteiger charge is 2.42. The molecule has 28 heavy (non-hydrogen) atoms. The number of aliphatic hydroxyl groups is 1. The van der Waals surface area contributed by atoms with Crippen LogP contribution in [0.4, 0.5) is 0 Å². The highest BCUT2D eigenvalue weighted by Crippen LogP contribution is 2.46. The molecule has 1 aromatic carbocycles. The Balaban J connectivity index is 2.40. The molecule has 1 aliphatic carbocycles. The molecule has 1 amide bonds. The standard InChI is InChI=1S/C21H32NO5P/c1-19(2)9-10-20(3,4)16-11-13(5-6-14(16)19)12-21(26,28-27)15(18(24)25)7-8-17(22)23/h5-6,11,15,26H,7-10,12,28H2,1-4H3,(H2,22,23)(H,24,25). The van der Waals surface area contributed by atoms with Crippen molar-refractivity contribution < 1.29 is 24.4 Å². The quantitative estimate of drug-likeness (QED) is 0.571. The van der Waals surface area contributed by atoms with Gasteiger partial charge in [0, 0.05) is 12.8 Å². The average molecular weight is 409 g/mol. The number of primary amides is 1. The molecule has 1 aromatic rings. The van der Waals surface area contributed by atoms with E-state index in [0.717, 1.165) is 18.4 Å². The fraction of sp³-hybridized carbons (Fsp3) is 0.619. The maximum absolute atomic E-state index is 11.9. The zero-order valence-corrected chi connectivity index (χ0v) is 18.3. The minimum atomic E-state index is -1.90. The SMILES string of the molecule is CC1(C)CCC(C)(C)c2cc(CC(O)([PH2]=O)C(CCC(N)=O)C(=O)O)ccc21. The normalized spacial score (nSPS) is 21.0. The highest BCUT2D eigenvalue weighted by molar-refractivity contribution is 7.25. The number of benzene rings is 1. The van der Waals surface area contributed by atoms with E-state index in [0.29, 0.717) is 0 Å². The van der Waals surface area contributed by atoms with Crippen LogP contribution >= 0.6 is 8.46 Å². The van der Waals surface area contributed by atoms with Gasteiger partial charge in [-0.05, 0) is 46.8 Å². The Labute approximate surface area is 167 Å². The van der Waals surface area contributed by atoms with Crippen LogP contribution in [0.3, 0.4) is 0 Å². The van der Waals surface area contributed by atoms with E-state index in [1.165, 1.54) is 11.1 Å². The Morgan fingerprint density at radius 2 is 1.75 bits per heavy atom. The second-order valence-corrected chi connectivity index (χ2v) is 10.6. The molecule has 156 valence electrons. The molecule has 6 nitrogen and oxygen atoms in total. The fourth-order valence-corrected chi connectivity index (χ4v) is 4.99. The zero-order chi connectivity index (χ0) is 21.3. The van der Waals surface area contributed by atoms with Crippen LogP contribution in [0.2, 0.25) is 0 Å². The molecule has 1 aliphatic rings. The number of nitrogens with two attached hydrogens (primary N) is 1. The molecule has 7 heteroatoms. The van der Waals surface area contributed by atoms with E-state index >= 15 is 0 Å². The van der Waals surface area contributed by atoms with Crippen molar-refractivity contribution in [3.63, 3.8) is 0 Å². The molecule has 0 aliphatic heterocycles. The topological polar surface area (TPSA) is 118 Å². The lowest BCUT2D eigenvalue weighted by molar-refractivity contribution is -0.147. The van der Waals surface area contributed by atoms with Gasteiger partial charge in [0.15, 0.2) is 0 Å². The Hall–Kier alpha value is -1.65. The smallest absolute Gasteiger partial charge is 0.309 e. The van der Waals surface area contributed by atoms with Crippen LogP contribution in [-0.2, 0) is 31.4 Å². The predicted octanol–water partition coefficient (Wildman–Crippen LogP) is 2.99. The molecule has 0 spiro atoms. The molecule has 0 aromatic heterocycles. The predicted molar refractivity (Wildman–Crippen MR) is 110 cm³/mol. The van der Waals surface area contributed by atoms with Gasteiger partial charge in [-0.3, -0.25) is 9.59 Å². The van der Waals surface area contributed by atoms with Crippen LogP contribution in [0.25, 0.3) is 0 Å². The number of amides is 1. The summed E-state index contributed by atoms with van der Waals surface area (Å²) in [5.41, 5.74) is 8.35. The second-order valence-electron chi connectivity index (χ2n) is 9.33. The van der Waals surface area contributed by atoms with Gasteiger partial charge in [-0.25, -0.2) is 0 Å². The fourth-order valence-electron chi connectivity index (χ4n) is 4.19. The lowest BCUT2D eigenvalue weighted by Gasteiger charge is -2.42. The van der Waals surface area contributed by atoms with Crippen LogP contribution in [-0.4, -0.2) is 27.4 Å². The summed E-state index contributed by atoms with van der Waals surface area (Å²) in [5.74, 6) is -3.23. The summed E-state index contributed by atoms with van der Waals surface area (Å²) in [7, 11) is -1.79. The van der Waals surface area contributed by atoms with Crippen LogP contribution in [0.1, 0.15) is 70.1 Å². The van der Waals surface area contributed by atoms with E-state index in [1.54, 1.807) is 0 Å². The van der Waals surface area contributed by atoms with Gasteiger partial charge in [0.25, 0.3) is 0 Å². The minimum absolute atomic E-state index is 0.0263. The van der Waals surface area contributed by atoms with Crippen molar-refractivity contribution in [3.05, 3.63) is 34.9 Å². The van der Waals surface area contributed by atoms with E-state index in [4.69, 9.17) is 5.73 Å². The van der Waals surface area contributed by atoms with Crippen molar-refractivity contribution in [1.82, 2.24) is 0 Å². The van der Waals surface area contributed by atoms with Crippen molar-refractivity contribution >= 4 is 20.3 Å². The Kier molecular flexibility index (Phi) is 6.47. The van der Waals surface area contributed by atoms with Gasteiger partial charge in [0.2, 0.25) is 5.91 Å². The lowest BCUT2D eigenvalue weighted by atomic mass is 9.63. The van der Waals surface area contributed by atoms with Gasteiger partial charge >= 0.3 is 5.97 Å². The first kappa shape index (κ1) is 22.6. The van der Waals surface area contributed by atoms with Crippen LogP contribution < -0.4 is 5.73 Å². The van der Waals surface area contributed by atoms with E-state index < -0.39 is 31.6 Å². The molecule has 2 rings (SSSR count). The summed E-state index contributed by atoms with van der Waals surface area (Å²) in [6.45, 7) is 8.79. The first-order valence-electron chi connectivity index (χ1n) is 9.66. The third-order valence-electron chi connectivity index (χ3n) is 6.19. The third kappa shape index (κ3) is 4.66. The summed E-state index contributed by atoms with van der Waals surface area (Å²) in [5, 5.41) is 18.6. The average Bonchev–Trinajstić information content (AvgIpc) is 2.58.